The van der Waals surface area contributed by atoms with Gasteiger partial charge in [-0.2, -0.15) is 4.72 Å². The zero-order chi connectivity index (χ0) is 24.6. The molecular formula is C20H24N4O8S. The molecule has 12 nitrogen and oxygen atoms in total. The average molecular weight is 480 g/mol. The second-order valence-corrected chi connectivity index (χ2v) is 8.64. The monoisotopic (exact) mass is 480 g/mol. The topological polar surface area (TPSA) is 157 Å². The van der Waals surface area contributed by atoms with Crippen molar-refractivity contribution in [1.29, 1.82) is 0 Å². The molecule has 0 atom stereocenters. The first kappa shape index (κ1) is 25.5. The number of nitro groups is 1. The van der Waals surface area contributed by atoms with Gasteiger partial charge in [-0.25, -0.2) is 8.42 Å². The molecule has 2 aromatic rings. The number of benzene rings is 2. The van der Waals surface area contributed by atoms with Crippen LogP contribution in [0, 0.1) is 10.1 Å². The van der Waals surface area contributed by atoms with Crippen molar-refractivity contribution in [3.8, 4) is 5.75 Å². The number of nitro benzene ring substituents is 1. The summed E-state index contributed by atoms with van der Waals surface area (Å²) in [5.74, 6) is -1.000. The van der Waals surface area contributed by atoms with E-state index in [1.807, 2.05) is 4.72 Å². The number of hydrogen-bond acceptors (Lipinski definition) is 9. The summed E-state index contributed by atoms with van der Waals surface area (Å²) in [7, 11) is 0.425. The summed E-state index contributed by atoms with van der Waals surface area (Å²) in [5, 5.41) is 13.8. The Hall–Kier alpha value is -3.71. The van der Waals surface area contributed by atoms with E-state index >= 15 is 0 Å². The molecule has 0 aliphatic heterocycles. The number of amides is 1. The summed E-state index contributed by atoms with van der Waals surface area (Å²) in [5.41, 5.74) is 0.538. The standard InChI is InChI=1S/C20H24N4O8S/c1-23(2)16-9-8-15(10-17(16)24(27)28)33(29,30)22-12-20(26)32-13-19(25)21-11-14-6-4-5-7-18(14)31-3/h4-10,22H,11-13H2,1-3H3,(H,21,25). The summed E-state index contributed by atoms with van der Waals surface area (Å²) in [6.45, 7) is -1.22. The number of hydrogen-bond donors (Lipinski definition) is 2. The van der Waals surface area contributed by atoms with Crippen molar-refractivity contribution in [3.05, 3.63) is 58.1 Å². The Morgan fingerprint density at radius 1 is 1.15 bits per heavy atom. The number of methoxy groups -OCH3 is 1. The van der Waals surface area contributed by atoms with Gasteiger partial charge in [-0.15, -0.1) is 0 Å². The molecule has 0 aromatic heterocycles. The first-order chi connectivity index (χ1) is 15.5. The third-order valence-corrected chi connectivity index (χ3v) is 5.77. The lowest BCUT2D eigenvalue weighted by Crippen LogP contribution is -2.34. The second kappa shape index (κ2) is 11.2. The van der Waals surface area contributed by atoms with Gasteiger partial charge in [0, 0.05) is 32.3 Å². The first-order valence-corrected chi connectivity index (χ1v) is 11.0. The zero-order valence-corrected chi connectivity index (χ0v) is 19.0. The van der Waals surface area contributed by atoms with Crippen molar-refractivity contribution in [3.63, 3.8) is 0 Å². The maximum absolute atomic E-state index is 12.4. The molecule has 2 aromatic carbocycles. The third-order valence-electron chi connectivity index (χ3n) is 4.37. The quantitative estimate of drug-likeness (QED) is 0.270. The fourth-order valence-electron chi connectivity index (χ4n) is 2.72. The van der Waals surface area contributed by atoms with Gasteiger partial charge in [0.05, 0.1) is 16.9 Å². The molecule has 0 aliphatic carbocycles. The Labute approximate surface area is 190 Å². The maximum atomic E-state index is 12.4. The number of ether oxygens (including phenoxy) is 2. The highest BCUT2D eigenvalue weighted by molar-refractivity contribution is 7.89. The van der Waals surface area contributed by atoms with Gasteiger partial charge in [-0.3, -0.25) is 19.7 Å². The van der Waals surface area contributed by atoms with Crippen LogP contribution in [0.2, 0.25) is 0 Å². The molecule has 2 rings (SSSR count). The van der Waals surface area contributed by atoms with Gasteiger partial charge < -0.3 is 19.7 Å². The van der Waals surface area contributed by atoms with Gasteiger partial charge in [0.15, 0.2) is 6.61 Å². The van der Waals surface area contributed by atoms with Crippen LogP contribution in [0.3, 0.4) is 0 Å². The molecular weight excluding hydrogens is 456 g/mol. The lowest BCUT2D eigenvalue weighted by atomic mass is 10.2. The molecule has 13 heteroatoms. The molecule has 0 spiro atoms. The lowest BCUT2D eigenvalue weighted by molar-refractivity contribution is -0.384. The normalized spacial score (nSPS) is 10.9. The van der Waals surface area contributed by atoms with Crippen LogP contribution in [0.4, 0.5) is 11.4 Å². The van der Waals surface area contributed by atoms with Gasteiger partial charge in [0.1, 0.15) is 18.0 Å². The zero-order valence-electron chi connectivity index (χ0n) is 18.2. The van der Waals surface area contributed by atoms with Crippen molar-refractivity contribution in [1.82, 2.24) is 10.0 Å². The van der Waals surface area contributed by atoms with Crippen LogP contribution in [-0.2, 0) is 30.9 Å². The first-order valence-electron chi connectivity index (χ1n) is 9.54. The van der Waals surface area contributed by atoms with Gasteiger partial charge >= 0.3 is 5.97 Å². The number of anilines is 1. The lowest BCUT2D eigenvalue weighted by Gasteiger charge is -2.14. The minimum absolute atomic E-state index is 0.148. The molecule has 0 fully saturated rings. The maximum Gasteiger partial charge on any atom is 0.321 e. The van der Waals surface area contributed by atoms with E-state index in [-0.39, 0.29) is 17.1 Å². The van der Waals surface area contributed by atoms with Gasteiger partial charge in [0.25, 0.3) is 11.6 Å². The minimum atomic E-state index is -4.23. The van der Waals surface area contributed by atoms with Crippen molar-refractivity contribution >= 4 is 33.3 Å². The summed E-state index contributed by atoms with van der Waals surface area (Å²) < 4.78 is 36.8. The fraction of sp³-hybridized carbons (Fsp3) is 0.300. The minimum Gasteiger partial charge on any atom is -0.496 e. The summed E-state index contributed by atoms with van der Waals surface area (Å²) >= 11 is 0. The van der Waals surface area contributed by atoms with E-state index in [1.54, 1.807) is 38.4 Å². The Bertz CT molecular complexity index is 1130. The predicted molar refractivity (Wildman–Crippen MR) is 118 cm³/mol. The molecule has 1 amide bonds. The van der Waals surface area contributed by atoms with Gasteiger partial charge in [-0.05, 0) is 18.2 Å². The Kier molecular flexibility index (Phi) is 8.70. The SMILES string of the molecule is COc1ccccc1CNC(=O)COC(=O)CNS(=O)(=O)c1ccc(N(C)C)c([N+](=O)[O-])c1. The molecule has 178 valence electrons. The third kappa shape index (κ3) is 7.15. The number of esters is 1. The average Bonchev–Trinajstić information content (AvgIpc) is 2.79. The molecule has 0 radical (unpaired) electrons. The molecule has 0 unspecified atom stereocenters. The number of para-hydroxylation sites is 1. The molecule has 2 N–H and O–H groups in total. The second-order valence-electron chi connectivity index (χ2n) is 6.88. The van der Waals surface area contributed by atoms with E-state index in [0.717, 1.165) is 11.6 Å². The van der Waals surface area contributed by atoms with Crippen molar-refractivity contribution in [2.24, 2.45) is 0 Å². The number of carbonyl (C=O) groups excluding carboxylic acids is 2. The molecule has 0 bridgehead atoms. The van der Waals surface area contributed by atoms with Crippen molar-refractivity contribution in [2.75, 3.05) is 39.3 Å². The van der Waals surface area contributed by atoms with Crippen molar-refractivity contribution in [2.45, 2.75) is 11.4 Å². The van der Waals surface area contributed by atoms with E-state index in [2.05, 4.69) is 5.32 Å². The largest absolute Gasteiger partial charge is 0.496 e. The number of carbonyl (C=O) groups is 2. The van der Waals surface area contributed by atoms with E-state index in [9.17, 15) is 28.1 Å². The van der Waals surface area contributed by atoms with Crippen LogP contribution in [-0.4, -0.2) is 59.6 Å². The number of sulfonamides is 1. The molecule has 0 saturated heterocycles. The van der Waals surface area contributed by atoms with E-state index < -0.39 is 45.7 Å². The van der Waals surface area contributed by atoms with E-state index in [0.29, 0.717) is 5.75 Å². The molecule has 33 heavy (non-hydrogen) atoms. The van der Waals surface area contributed by atoms with Crippen LogP contribution >= 0.6 is 0 Å². The number of nitrogens with zero attached hydrogens (tertiary/aromatic N) is 2. The van der Waals surface area contributed by atoms with E-state index in [1.165, 1.54) is 24.1 Å². The van der Waals surface area contributed by atoms with Crippen LogP contribution in [0.1, 0.15) is 5.56 Å². The number of nitrogens with one attached hydrogen (secondary N) is 2. The number of rotatable bonds is 11. The smallest absolute Gasteiger partial charge is 0.321 e. The molecule has 0 aliphatic rings. The van der Waals surface area contributed by atoms with Crippen LogP contribution in [0.5, 0.6) is 5.75 Å². The van der Waals surface area contributed by atoms with E-state index in [4.69, 9.17) is 9.47 Å². The summed E-state index contributed by atoms with van der Waals surface area (Å²) in [6, 6.07) is 10.4. The highest BCUT2D eigenvalue weighted by atomic mass is 32.2. The van der Waals surface area contributed by atoms with Crippen molar-refractivity contribution < 1.29 is 32.4 Å². The summed E-state index contributed by atoms with van der Waals surface area (Å²) in [4.78, 5) is 35.4. The van der Waals surface area contributed by atoms with Gasteiger partial charge in [-0.1, -0.05) is 18.2 Å². The van der Waals surface area contributed by atoms with Crippen LogP contribution in [0.25, 0.3) is 0 Å². The predicted octanol–water partition coefficient (Wildman–Crippen LogP) is 0.807. The van der Waals surface area contributed by atoms with Crippen LogP contribution in [0.15, 0.2) is 47.4 Å². The Morgan fingerprint density at radius 2 is 1.85 bits per heavy atom. The summed E-state index contributed by atoms with van der Waals surface area (Å²) in [6.07, 6.45) is 0. The Balaban J connectivity index is 1.89. The molecule has 0 heterocycles. The van der Waals surface area contributed by atoms with Crippen LogP contribution < -0.4 is 19.7 Å². The highest BCUT2D eigenvalue weighted by Crippen LogP contribution is 2.29. The Morgan fingerprint density at radius 3 is 2.48 bits per heavy atom. The highest BCUT2D eigenvalue weighted by Gasteiger charge is 2.23. The fourth-order valence-corrected chi connectivity index (χ4v) is 3.71. The molecule has 0 saturated carbocycles. The van der Waals surface area contributed by atoms with Gasteiger partial charge in [0.2, 0.25) is 10.0 Å².